The van der Waals surface area contributed by atoms with E-state index in [1.165, 1.54) is 32.1 Å². The quantitative estimate of drug-likeness (QED) is 0.0530. The molecule has 0 aromatic heterocycles. The zero-order valence-electron chi connectivity index (χ0n) is 33.1. The van der Waals surface area contributed by atoms with Gasteiger partial charge in [0.2, 0.25) is 0 Å². The second kappa shape index (κ2) is 19.7. The van der Waals surface area contributed by atoms with Crippen molar-refractivity contribution >= 4 is 70.9 Å². The number of carbonyl (C=O) groups excluding carboxylic acids is 4. The number of hydrogen-bond acceptors (Lipinski definition) is 12. The van der Waals surface area contributed by atoms with Crippen LogP contribution in [0.1, 0.15) is 70.6 Å². The molecular formula is C45H60O8S4. The molecule has 4 fully saturated rings. The van der Waals surface area contributed by atoms with Crippen LogP contribution in [0.2, 0.25) is 0 Å². The number of allylic oxidation sites excluding steroid dienone is 8. The van der Waals surface area contributed by atoms with Crippen molar-refractivity contribution in [3.05, 3.63) is 48.6 Å². The first-order chi connectivity index (χ1) is 27.8. The molecule has 0 radical (unpaired) electrons. The van der Waals surface area contributed by atoms with E-state index in [2.05, 4.69) is 48.6 Å². The molecule has 8 aliphatic rings. The van der Waals surface area contributed by atoms with Gasteiger partial charge in [0.15, 0.2) is 0 Å². The van der Waals surface area contributed by atoms with Crippen LogP contribution >= 0.6 is 47.0 Å². The minimum Gasteiger partial charge on any atom is -0.465 e. The van der Waals surface area contributed by atoms with Gasteiger partial charge in [0.1, 0.15) is 31.8 Å². The van der Waals surface area contributed by atoms with Crippen LogP contribution in [0.25, 0.3) is 0 Å². The van der Waals surface area contributed by atoms with Crippen LogP contribution in [0, 0.1) is 58.7 Å². The van der Waals surface area contributed by atoms with Gasteiger partial charge in [-0.3, -0.25) is 19.2 Å². The first-order valence-electron chi connectivity index (χ1n) is 21.5. The second-order valence-corrected chi connectivity index (χ2v) is 23.1. The van der Waals surface area contributed by atoms with E-state index in [9.17, 15) is 19.2 Å². The molecule has 0 aromatic carbocycles. The summed E-state index contributed by atoms with van der Waals surface area (Å²) in [6, 6.07) is 0. The van der Waals surface area contributed by atoms with Crippen LogP contribution in [0.15, 0.2) is 48.6 Å². The molecule has 8 rings (SSSR count). The van der Waals surface area contributed by atoms with Crippen molar-refractivity contribution < 1.29 is 38.1 Å². The first kappa shape index (κ1) is 42.0. The number of esters is 4. The molecule has 0 heterocycles. The summed E-state index contributed by atoms with van der Waals surface area (Å²) in [7, 11) is 0. The van der Waals surface area contributed by atoms with E-state index in [0.29, 0.717) is 86.3 Å². The van der Waals surface area contributed by atoms with Crippen LogP contribution in [0.4, 0.5) is 0 Å². The lowest BCUT2D eigenvalue weighted by Gasteiger charge is -2.31. The molecule has 0 saturated heterocycles. The Morgan fingerprint density at radius 1 is 0.456 bits per heavy atom. The van der Waals surface area contributed by atoms with Gasteiger partial charge in [0, 0.05) is 33.0 Å². The van der Waals surface area contributed by atoms with E-state index >= 15 is 0 Å². The Kier molecular flexibility index (Phi) is 14.5. The molecule has 0 spiro atoms. The highest BCUT2D eigenvalue weighted by Gasteiger charge is 2.41. The fourth-order valence-corrected chi connectivity index (χ4v) is 15.8. The third kappa shape index (κ3) is 11.3. The highest BCUT2D eigenvalue weighted by Crippen LogP contribution is 2.47. The average Bonchev–Trinajstić information content (AvgIpc) is 4.07. The summed E-state index contributed by atoms with van der Waals surface area (Å²) in [5.41, 5.74) is -1.23. The van der Waals surface area contributed by atoms with Crippen LogP contribution < -0.4 is 0 Å². The monoisotopic (exact) mass is 856 g/mol. The minimum atomic E-state index is -1.23. The summed E-state index contributed by atoms with van der Waals surface area (Å²) in [6.45, 7) is -0.763. The lowest BCUT2D eigenvalue weighted by atomic mass is 9.92. The second-order valence-electron chi connectivity index (χ2n) is 18.0. The summed E-state index contributed by atoms with van der Waals surface area (Å²) < 4.78 is 23.5. The zero-order chi connectivity index (χ0) is 39.2. The van der Waals surface area contributed by atoms with E-state index in [1.54, 1.807) is 11.8 Å². The fraction of sp³-hybridized carbons (Fsp3) is 0.733. The summed E-state index contributed by atoms with van der Waals surface area (Å²) in [6.07, 6.45) is 28.9. The van der Waals surface area contributed by atoms with Crippen molar-refractivity contribution in [3.63, 3.8) is 0 Å². The smallest absolute Gasteiger partial charge is 0.315 e. The topological polar surface area (TPSA) is 105 Å². The van der Waals surface area contributed by atoms with Gasteiger partial charge in [-0.2, -0.15) is 35.3 Å². The Labute approximate surface area is 356 Å². The van der Waals surface area contributed by atoms with Gasteiger partial charge in [-0.15, -0.1) is 11.8 Å². The molecule has 0 amide bonds. The molecule has 12 heteroatoms. The Bertz CT molecular complexity index is 1350. The summed E-state index contributed by atoms with van der Waals surface area (Å²) in [5, 5.41) is 1.63. The molecule has 8 nitrogen and oxygen atoms in total. The van der Waals surface area contributed by atoms with E-state index in [1.807, 2.05) is 35.3 Å². The van der Waals surface area contributed by atoms with Gasteiger partial charge < -0.3 is 18.9 Å². The van der Waals surface area contributed by atoms with Gasteiger partial charge in [0.05, 0.1) is 25.0 Å². The Morgan fingerprint density at radius 3 is 1.16 bits per heavy atom. The molecule has 8 bridgehead atoms. The largest absolute Gasteiger partial charge is 0.465 e. The Balaban J connectivity index is 0.860. The van der Waals surface area contributed by atoms with E-state index < -0.39 is 5.41 Å². The highest BCUT2D eigenvalue weighted by atomic mass is 32.2. The normalized spacial score (nSPS) is 35.4. The molecule has 0 aliphatic heterocycles. The van der Waals surface area contributed by atoms with Crippen molar-refractivity contribution in [1.29, 1.82) is 0 Å². The predicted molar refractivity (Wildman–Crippen MR) is 231 cm³/mol. The minimum absolute atomic E-state index is 0.190. The fourth-order valence-electron chi connectivity index (χ4n) is 10.5. The predicted octanol–water partition coefficient (Wildman–Crippen LogP) is 8.35. The molecule has 0 N–H and O–H groups in total. The Morgan fingerprint density at radius 2 is 0.825 bits per heavy atom. The standard InChI is InChI=1S/C45H60O8S4/c46-41(9-12-55-38-20-30-2-6-34(38)16-30)50-25-45(26-51-42(47)10-13-56-39-21-31-3-7-35(39)17-31,27-52-43(48)11-14-57-40-22-32-4-8-36(40)18-32)28-53-44(49)24-54-23-37-19-29-1-5-33(37)15-29/h1-8,29-40H,9-28H2. The van der Waals surface area contributed by atoms with Crippen LogP contribution in [-0.4, -0.2) is 94.8 Å². The van der Waals surface area contributed by atoms with Crippen LogP contribution in [-0.2, 0) is 38.1 Å². The number of hydrogen-bond donors (Lipinski definition) is 0. The highest BCUT2D eigenvalue weighted by molar-refractivity contribution is 8.00. The van der Waals surface area contributed by atoms with Crippen molar-refractivity contribution in [2.24, 2.45) is 58.7 Å². The molecule has 12 unspecified atom stereocenters. The maximum absolute atomic E-state index is 13.2. The van der Waals surface area contributed by atoms with Gasteiger partial charge in [-0.1, -0.05) is 48.6 Å². The van der Waals surface area contributed by atoms with Gasteiger partial charge in [-0.25, -0.2) is 0 Å². The van der Waals surface area contributed by atoms with Crippen molar-refractivity contribution in [2.75, 3.05) is 55.2 Å². The van der Waals surface area contributed by atoms with Gasteiger partial charge in [-0.05, 0) is 110 Å². The SMILES string of the molecule is O=C(CCSC1CC2C=CC1C2)OCC(COC(=O)CCSC1CC2C=CC1C2)(COC(=O)CCSC1CC2C=CC1C2)COC(=O)CSCC1CC2C=CC1C2. The van der Waals surface area contributed by atoms with E-state index in [0.717, 1.165) is 25.0 Å². The van der Waals surface area contributed by atoms with Crippen LogP contribution in [0.5, 0.6) is 0 Å². The number of thioether (sulfide) groups is 4. The summed E-state index contributed by atoms with van der Waals surface area (Å²) in [5.74, 6) is 7.30. The number of carbonyl (C=O) groups is 4. The summed E-state index contributed by atoms with van der Waals surface area (Å²) in [4.78, 5) is 52.8. The van der Waals surface area contributed by atoms with Crippen LogP contribution in [0.3, 0.4) is 0 Å². The number of ether oxygens (including phenoxy) is 4. The van der Waals surface area contributed by atoms with Gasteiger partial charge in [0.25, 0.3) is 0 Å². The maximum atomic E-state index is 13.2. The van der Waals surface area contributed by atoms with Gasteiger partial charge >= 0.3 is 23.9 Å². The summed E-state index contributed by atoms with van der Waals surface area (Å²) >= 11 is 7.10. The van der Waals surface area contributed by atoms with Crippen molar-refractivity contribution in [3.8, 4) is 0 Å². The first-order valence-corrected chi connectivity index (χ1v) is 25.8. The lowest BCUT2D eigenvalue weighted by Crippen LogP contribution is -2.44. The molecule has 12 atom stereocenters. The van der Waals surface area contributed by atoms with Crippen molar-refractivity contribution in [1.82, 2.24) is 0 Å². The number of rotatable bonds is 24. The molecular weight excluding hydrogens is 797 g/mol. The molecule has 4 saturated carbocycles. The van der Waals surface area contributed by atoms with Crippen molar-refractivity contribution in [2.45, 2.75) is 86.4 Å². The molecule has 0 aromatic rings. The third-order valence-corrected chi connectivity index (χ3v) is 19.0. The maximum Gasteiger partial charge on any atom is 0.315 e. The molecule has 8 aliphatic carbocycles. The van der Waals surface area contributed by atoms with E-state index in [-0.39, 0.29) is 75.3 Å². The third-order valence-electron chi connectivity index (χ3n) is 13.7. The molecule has 57 heavy (non-hydrogen) atoms. The number of fused-ring (bicyclic) bond motifs is 8. The van der Waals surface area contributed by atoms with E-state index in [4.69, 9.17) is 18.9 Å². The lowest BCUT2D eigenvalue weighted by molar-refractivity contribution is -0.169. The average molecular weight is 857 g/mol. The zero-order valence-corrected chi connectivity index (χ0v) is 36.4. The Hall–Kier alpha value is -1.76. The molecule has 312 valence electrons.